The van der Waals surface area contributed by atoms with Gasteiger partial charge in [-0.25, -0.2) is 4.31 Å². The van der Waals surface area contributed by atoms with Crippen LogP contribution in [0, 0.1) is 0 Å². The lowest BCUT2D eigenvalue weighted by atomic mass is 10.5. The van der Waals surface area contributed by atoms with Crippen LogP contribution in [0.4, 0.5) is 13.2 Å². The number of rotatable bonds is 5. The molecule has 0 radical (unpaired) electrons. The Labute approximate surface area is 95.3 Å². The van der Waals surface area contributed by atoms with Gasteiger partial charge < -0.3 is 9.47 Å². The molecule has 0 bridgehead atoms. The normalized spacial score (nSPS) is 20.1. The van der Waals surface area contributed by atoms with Crippen molar-refractivity contribution in [3.8, 4) is 0 Å². The Balaban J connectivity index is 2.50. The number of hydrogen-bond acceptors (Lipinski definition) is 5. The molecule has 10 heteroatoms. The molecule has 1 saturated heterocycles. The van der Waals surface area contributed by atoms with E-state index in [-0.39, 0.29) is 17.0 Å². The van der Waals surface area contributed by atoms with Crippen molar-refractivity contribution in [2.45, 2.75) is 11.6 Å². The number of epoxide rings is 1. The first-order valence-electron chi connectivity index (χ1n) is 4.43. The standard InChI is InChI=1S/C7H10F3NO5S/c1-11(17(13,14)7(8,9)10)6(12)4-15-2-5-3-16-5/h5H,2-4H2,1H3. The second-order valence-electron chi connectivity index (χ2n) is 3.28. The van der Waals surface area contributed by atoms with Crippen LogP contribution >= 0.6 is 0 Å². The number of ether oxygens (including phenoxy) is 2. The molecule has 1 heterocycles. The summed E-state index contributed by atoms with van der Waals surface area (Å²) in [5.74, 6) is -1.29. The van der Waals surface area contributed by atoms with E-state index < -0.39 is 28.0 Å². The molecule has 0 spiro atoms. The number of alkyl halides is 3. The van der Waals surface area contributed by atoms with Gasteiger partial charge in [-0.15, -0.1) is 0 Å². The minimum Gasteiger partial charge on any atom is -0.371 e. The van der Waals surface area contributed by atoms with E-state index in [4.69, 9.17) is 9.47 Å². The van der Waals surface area contributed by atoms with Gasteiger partial charge in [0.1, 0.15) is 12.7 Å². The first-order valence-corrected chi connectivity index (χ1v) is 5.87. The van der Waals surface area contributed by atoms with Gasteiger partial charge >= 0.3 is 15.5 Å². The fourth-order valence-electron chi connectivity index (χ4n) is 0.822. The van der Waals surface area contributed by atoms with E-state index in [0.717, 1.165) is 0 Å². The third-order valence-electron chi connectivity index (χ3n) is 1.94. The molecule has 1 unspecified atom stereocenters. The molecule has 0 aromatic carbocycles. The van der Waals surface area contributed by atoms with E-state index in [1.54, 1.807) is 0 Å². The van der Waals surface area contributed by atoms with Gasteiger partial charge in [0, 0.05) is 7.05 Å². The summed E-state index contributed by atoms with van der Waals surface area (Å²) in [5.41, 5.74) is -5.50. The van der Waals surface area contributed by atoms with Crippen LogP contribution in [0.25, 0.3) is 0 Å². The number of sulfonamides is 1. The number of likely N-dealkylation sites (N-methyl/N-ethyl adjacent to an activating group) is 1. The van der Waals surface area contributed by atoms with E-state index in [1.807, 2.05) is 0 Å². The molecule has 1 atom stereocenters. The molecule has 100 valence electrons. The minimum absolute atomic E-state index is 0.0473. The molecule has 0 aliphatic carbocycles. The summed E-state index contributed by atoms with van der Waals surface area (Å²) in [6, 6.07) is 0. The van der Waals surface area contributed by atoms with Gasteiger partial charge in [0.25, 0.3) is 5.91 Å². The summed E-state index contributed by atoms with van der Waals surface area (Å²) in [6.45, 7) is -0.234. The Morgan fingerprint density at radius 3 is 2.47 bits per heavy atom. The molecule has 1 aliphatic rings. The molecule has 0 N–H and O–H groups in total. The van der Waals surface area contributed by atoms with Crippen molar-refractivity contribution in [2.24, 2.45) is 0 Å². The summed E-state index contributed by atoms with van der Waals surface area (Å²) >= 11 is 0. The van der Waals surface area contributed by atoms with Crippen LogP contribution in [0.5, 0.6) is 0 Å². The van der Waals surface area contributed by atoms with Gasteiger partial charge in [0.15, 0.2) is 0 Å². The molecule has 1 amide bonds. The summed E-state index contributed by atoms with van der Waals surface area (Å²) in [4.78, 5) is 11.1. The van der Waals surface area contributed by atoms with Crippen LogP contribution in [-0.2, 0) is 24.3 Å². The maximum atomic E-state index is 12.1. The Bertz CT molecular complexity index is 389. The fourth-order valence-corrected chi connectivity index (χ4v) is 1.45. The topological polar surface area (TPSA) is 76.2 Å². The lowest BCUT2D eigenvalue weighted by molar-refractivity contribution is -0.131. The lowest BCUT2D eigenvalue weighted by Crippen LogP contribution is -2.43. The van der Waals surface area contributed by atoms with Gasteiger partial charge in [-0.3, -0.25) is 4.79 Å². The summed E-state index contributed by atoms with van der Waals surface area (Å²) in [7, 11) is -5.11. The summed E-state index contributed by atoms with van der Waals surface area (Å²) < 4.78 is 66.8. The highest BCUT2D eigenvalue weighted by molar-refractivity contribution is 7.90. The lowest BCUT2D eigenvalue weighted by Gasteiger charge is -2.18. The van der Waals surface area contributed by atoms with Crippen LogP contribution in [0.1, 0.15) is 0 Å². The van der Waals surface area contributed by atoms with Crippen LogP contribution in [-0.4, -0.2) is 57.1 Å². The molecular weight excluding hydrogens is 267 g/mol. The Morgan fingerprint density at radius 1 is 1.53 bits per heavy atom. The number of carbonyl (C=O) groups excluding carboxylic acids is 1. The third kappa shape index (κ3) is 3.54. The molecule has 0 saturated carbocycles. The second kappa shape index (κ2) is 4.78. The number of hydrogen-bond donors (Lipinski definition) is 0. The zero-order valence-electron chi connectivity index (χ0n) is 8.73. The van der Waals surface area contributed by atoms with Crippen molar-refractivity contribution in [3.63, 3.8) is 0 Å². The summed E-state index contributed by atoms with van der Waals surface area (Å²) in [6.07, 6.45) is -0.160. The van der Waals surface area contributed by atoms with E-state index in [9.17, 15) is 26.4 Å². The van der Waals surface area contributed by atoms with Crippen molar-refractivity contribution in [2.75, 3.05) is 26.9 Å². The van der Waals surface area contributed by atoms with E-state index >= 15 is 0 Å². The SMILES string of the molecule is CN(C(=O)COCC1CO1)S(=O)(=O)C(F)(F)F. The molecule has 1 fully saturated rings. The first-order chi connectivity index (χ1) is 7.66. The van der Waals surface area contributed by atoms with E-state index in [1.165, 1.54) is 0 Å². The first kappa shape index (κ1) is 14.2. The molecular formula is C7H10F3NO5S. The maximum absolute atomic E-state index is 12.1. The zero-order chi connectivity index (χ0) is 13.3. The predicted molar refractivity (Wildman–Crippen MR) is 48.3 cm³/mol. The van der Waals surface area contributed by atoms with E-state index in [2.05, 4.69) is 0 Å². The smallest absolute Gasteiger partial charge is 0.371 e. The quantitative estimate of drug-likeness (QED) is 0.645. The van der Waals surface area contributed by atoms with Crippen LogP contribution < -0.4 is 0 Å². The van der Waals surface area contributed by atoms with Gasteiger partial charge in [0.05, 0.1) is 13.2 Å². The van der Waals surface area contributed by atoms with E-state index in [0.29, 0.717) is 13.7 Å². The van der Waals surface area contributed by atoms with Crippen molar-refractivity contribution >= 4 is 15.9 Å². The van der Waals surface area contributed by atoms with Crippen LogP contribution in [0.3, 0.4) is 0 Å². The fraction of sp³-hybridized carbons (Fsp3) is 0.857. The highest BCUT2D eigenvalue weighted by Crippen LogP contribution is 2.25. The molecule has 1 aliphatic heterocycles. The average Bonchev–Trinajstić information content (AvgIpc) is 2.98. The molecule has 0 aromatic heterocycles. The molecule has 1 rings (SSSR count). The van der Waals surface area contributed by atoms with Gasteiger partial charge in [-0.2, -0.15) is 21.6 Å². The molecule has 0 aromatic rings. The Kier molecular flexibility index (Phi) is 3.99. The van der Waals surface area contributed by atoms with Crippen molar-refractivity contribution in [1.29, 1.82) is 0 Å². The number of halogens is 3. The van der Waals surface area contributed by atoms with Gasteiger partial charge in [-0.1, -0.05) is 0 Å². The largest absolute Gasteiger partial charge is 0.516 e. The number of nitrogens with zero attached hydrogens (tertiary/aromatic N) is 1. The van der Waals surface area contributed by atoms with Crippen molar-refractivity contribution in [3.05, 3.63) is 0 Å². The van der Waals surface area contributed by atoms with Gasteiger partial charge in [0.2, 0.25) is 0 Å². The number of amides is 1. The summed E-state index contributed by atoms with van der Waals surface area (Å²) in [5, 5.41) is 0. The average molecular weight is 277 g/mol. The predicted octanol–water partition coefficient (Wildman–Crippen LogP) is -0.290. The van der Waals surface area contributed by atoms with Crippen molar-refractivity contribution in [1.82, 2.24) is 4.31 Å². The zero-order valence-corrected chi connectivity index (χ0v) is 9.55. The minimum atomic E-state index is -5.64. The highest BCUT2D eigenvalue weighted by atomic mass is 32.2. The monoisotopic (exact) mass is 277 g/mol. The number of carbonyl (C=O) groups is 1. The third-order valence-corrected chi connectivity index (χ3v) is 3.45. The highest BCUT2D eigenvalue weighted by Gasteiger charge is 2.50. The van der Waals surface area contributed by atoms with Crippen LogP contribution in [0.15, 0.2) is 0 Å². The maximum Gasteiger partial charge on any atom is 0.516 e. The van der Waals surface area contributed by atoms with Crippen LogP contribution in [0.2, 0.25) is 0 Å². The Hall–Kier alpha value is -0.870. The Morgan fingerprint density at radius 2 is 2.06 bits per heavy atom. The van der Waals surface area contributed by atoms with Gasteiger partial charge in [-0.05, 0) is 0 Å². The van der Waals surface area contributed by atoms with Crippen molar-refractivity contribution < 1.29 is 35.9 Å². The second-order valence-corrected chi connectivity index (χ2v) is 5.24. The molecule has 17 heavy (non-hydrogen) atoms. The molecule has 6 nitrogen and oxygen atoms in total.